The first-order valence-corrected chi connectivity index (χ1v) is 3.47. The van der Waals surface area contributed by atoms with Gasteiger partial charge in [-0.1, -0.05) is 0 Å². The predicted molar refractivity (Wildman–Crippen MR) is 40.9 cm³/mol. The van der Waals surface area contributed by atoms with Gasteiger partial charge in [0.2, 0.25) is 0 Å². The minimum absolute atomic E-state index is 0.417. The summed E-state index contributed by atoms with van der Waals surface area (Å²) in [5.41, 5.74) is -1.84. The number of halogens is 2. The van der Waals surface area contributed by atoms with Gasteiger partial charge >= 0.3 is 5.97 Å². The van der Waals surface area contributed by atoms with E-state index in [1.807, 2.05) is 0 Å². The predicted octanol–water partition coefficient (Wildman–Crippen LogP) is 1.59. The van der Waals surface area contributed by atoms with Gasteiger partial charge in [0, 0.05) is 12.4 Å². The molecule has 0 spiro atoms. The van der Waals surface area contributed by atoms with Crippen molar-refractivity contribution in [3.8, 4) is 6.07 Å². The first kappa shape index (κ1) is 10.1. The number of carbonyl (C=O) groups is 1. The number of aromatic nitrogens is 1. The number of nitrogens with zero attached hydrogens (tertiary/aromatic N) is 2. The molecule has 0 saturated carbocycles. The number of aromatic carboxylic acids is 1. The van der Waals surface area contributed by atoms with Crippen LogP contribution in [-0.4, -0.2) is 16.1 Å². The molecule has 0 saturated heterocycles. The Bertz CT molecular complexity index is 412. The maximum Gasteiger partial charge on any atom is 0.337 e. The highest BCUT2D eigenvalue weighted by Gasteiger charge is 2.22. The van der Waals surface area contributed by atoms with E-state index in [-0.39, 0.29) is 0 Å². The molecule has 0 fully saturated rings. The van der Waals surface area contributed by atoms with E-state index in [9.17, 15) is 13.6 Å². The van der Waals surface area contributed by atoms with Gasteiger partial charge in [0.1, 0.15) is 6.07 Å². The largest absolute Gasteiger partial charge is 0.478 e. The average Bonchev–Trinajstić information content (AvgIpc) is 2.16. The number of pyridine rings is 1. The molecule has 14 heavy (non-hydrogen) atoms. The van der Waals surface area contributed by atoms with Gasteiger partial charge in [0.15, 0.2) is 0 Å². The van der Waals surface area contributed by atoms with Crippen molar-refractivity contribution in [3.63, 3.8) is 0 Å². The zero-order valence-electron chi connectivity index (χ0n) is 6.74. The van der Waals surface area contributed by atoms with Crippen molar-refractivity contribution >= 4 is 5.97 Å². The number of carboxylic acid groups (broad SMARTS) is 1. The van der Waals surface area contributed by atoms with Crippen LogP contribution in [0.3, 0.4) is 0 Å². The number of nitriles is 1. The highest BCUT2D eigenvalue weighted by molar-refractivity contribution is 5.89. The van der Waals surface area contributed by atoms with Crippen LogP contribution in [0.15, 0.2) is 12.4 Å². The van der Waals surface area contributed by atoms with Crippen LogP contribution in [0.1, 0.15) is 27.9 Å². The number of alkyl halides is 2. The van der Waals surface area contributed by atoms with E-state index in [4.69, 9.17) is 10.4 Å². The second-order valence-electron chi connectivity index (χ2n) is 2.37. The Labute approximate surface area is 77.4 Å². The fourth-order valence-electron chi connectivity index (χ4n) is 0.965. The third-order valence-electron chi connectivity index (χ3n) is 1.56. The molecule has 0 radical (unpaired) electrons. The molecular weight excluding hydrogens is 194 g/mol. The normalized spacial score (nSPS) is 9.86. The van der Waals surface area contributed by atoms with Crippen molar-refractivity contribution in [2.24, 2.45) is 0 Å². The molecule has 0 bridgehead atoms. The van der Waals surface area contributed by atoms with E-state index < -0.39 is 29.1 Å². The summed E-state index contributed by atoms with van der Waals surface area (Å²) in [6.45, 7) is 0. The van der Waals surface area contributed by atoms with Crippen LogP contribution in [0, 0.1) is 11.3 Å². The Morgan fingerprint density at radius 3 is 2.64 bits per heavy atom. The van der Waals surface area contributed by atoms with Crippen molar-refractivity contribution in [2.75, 3.05) is 0 Å². The monoisotopic (exact) mass is 198 g/mol. The van der Waals surface area contributed by atoms with Crippen LogP contribution in [0.2, 0.25) is 0 Å². The maximum atomic E-state index is 12.4. The van der Waals surface area contributed by atoms with Crippen LogP contribution in [-0.2, 0) is 0 Å². The summed E-state index contributed by atoms with van der Waals surface area (Å²) in [5, 5.41) is 17.0. The summed E-state index contributed by atoms with van der Waals surface area (Å²) < 4.78 is 24.8. The summed E-state index contributed by atoms with van der Waals surface area (Å²) in [6, 6.07) is 1.47. The summed E-state index contributed by atoms with van der Waals surface area (Å²) in [5.74, 6) is -1.52. The van der Waals surface area contributed by atoms with Gasteiger partial charge in [-0.25, -0.2) is 13.6 Å². The van der Waals surface area contributed by atoms with Gasteiger partial charge < -0.3 is 5.11 Å². The summed E-state index contributed by atoms with van der Waals surface area (Å²) >= 11 is 0. The van der Waals surface area contributed by atoms with E-state index in [1.54, 1.807) is 0 Å². The van der Waals surface area contributed by atoms with Gasteiger partial charge in [0.25, 0.3) is 6.43 Å². The van der Waals surface area contributed by atoms with Gasteiger partial charge in [-0.15, -0.1) is 0 Å². The lowest BCUT2D eigenvalue weighted by Gasteiger charge is -2.05. The van der Waals surface area contributed by atoms with Gasteiger partial charge in [-0.3, -0.25) is 4.98 Å². The average molecular weight is 198 g/mol. The number of hydrogen-bond acceptors (Lipinski definition) is 3. The summed E-state index contributed by atoms with van der Waals surface area (Å²) in [7, 11) is 0. The fraction of sp³-hybridized carbons (Fsp3) is 0.125. The zero-order chi connectivity index (χ0) is 10.7. The van der Waals surface area contributed by atoms with Crippen molar-refractivity contribution < 1.29 is 18.7 Å². The molecule has 0 aliphatic carbocycles. The molecule has 1 rings (SSSR count). The lowest BCUT2D eigenvalue weighted by molar-refractivity contribution is 0.0684. The Morgan fingerprint density at radius 2 is 2.21 bits per heavy atom. The van der Waals surface area contributed by atoms with E-state index in [2.05, 4.69) is 4.98 Å². The first-order valence-electron chi connectivity index (χ1n) is 3.47. The van der Waals surface area contributed by atoms with Gasteiger partial charge in [0.05, 0.1) is 16.7 Å². The fourth-order valence-corrected chi connectivity index (χ4v) is 0.965. The second-order valence-corrected chi connectivity index (χ2v) is 2.37. The number of rotatable bonds is 2. The quantitative estimate of drug-likeness (QED) is 0.782. The molecule has 4 nitrogen and oxygen atoms in total. The highest BCUT2D eigenvalue weighted by atomic mass is 19.3. The smallest absolute Gasteiger partial charge is 0.337 e. The number of carboxylic acids is 1. The van der Waals surface area contributed by atoms with Gasteiger partial charge in [-0.2, -0.15) is 5.26 Å². The van der Waals surface area contributed by atoms with Crippen molar-refractivity contribution in [2.45, 2.75) is 6.43 Å². The van der Waals surface area contributed by atoms with Crippen LogP contribution >= 0.6 is 0 Å². The molecule has 72 valence electrons. The van der Waals surface area contributed by atoms with Crippen molar-refractivity contribution in [1.29, 1.82) is 5.26 Å². The second kappa shape index (κ2) is 3.79. The van der Waals surface area contributed by atoms with Gasteiger partial charge in [-0.05, 0) is 0 Å². The molecule has 0 aliphatic rings. The Hall–Kier alpha value is -2.03. The van der Waals surface area contributed by atoms with E-state index in [0.29, 0.717) is 0 Å². The van der Waals surface area contributed by atoms with E-state index in [1.165, 1.54) is 6.07 Å². The topological polar surface area (TPSA) is 74.0 Å². The van der Waals surface area contributed by atoms with E-state index in [0.717, 1.165) is 12.4 Å². The lowest BCUT2D eigenvalue weighted by Crippen LogP contribution is -2.06. The van der Waals surface area contributed by atoms with E-state index >= 15 is 0 Å². The summed E-state index contributed by atoms with van der Waals surface area (Å²) in [6.07, 6.45) is -1.29. The molecule has 1 heterocycles. The first-order chi connectivity index (χ1) is 6.57. The molecule has 0 atom stereocenters. The van der Waals surface area contributed by atoms with Crippen LogP contribution < -0.4 is 0 Å². The molecule has 0 unspecified atom stereocenters. The lowest BCUT2D eigenvalue weighted by atomic mass is 10.1. The Balaban J connectivity index is 3.45. The van der Waals surface area contributed by atoms with Crippen molar-refractivity contribution in [1.82, 2.24) is 4.98 Å². The Kier molecular flexibility index (Phi) is 2.72. The van der Waals surface area contributed by atoms with Crippen LogP contribution in [0.4, 0.5) is 8.78 Å². The SMILES string of the molecule is N#Cc1cncc(C(=O)O)c1C(F)F. The highest BCUT2D eigenvalue weighted by Crippen LogP contribution is 2.25. The molecular formula is C8H4F2N2O2. The van der Waals surface area contributed by atoms with Crippen molar-refractivity contribution in [3.05, 3.63) is 29.1 Å². The third-order valence-corrected chi connectivity index (χ3v) is 1.56. The maximum absolute atomic E-state index is 12.4. The minimum Gasteiger partial charge on any atom is -0.478 e. The Morgan fingerprint density at radius 1 is 1.57 bits per heavy atom. The summed E-state index contributed by atoms with van der Waals surface area (Å²) in [4.78, 5) is 13.9. The molecule has 1 aromatic heterocycles. The van der Waals surface area contributed by atoms with Crippen LogP contribution in [0.5, 0.6) is 0 Å². The third kappa shape index (κ3) is 1.66. The molecule has 0 aromatic carbocycles. The zero-order valence-corrected chi connectivity index (χ0v) is 6.74. The van der Waals surface area contributed by atoms with Crippen LogP contribution in [0.25, 0.3) is 0 Å². The molecule has 1 N–H and O–H groups in total. The molecule has 0 aliphatic heterocycles. The minimum atomic E-state index is -3.00. The molecule has 0 amide bonds. The standard InChI is InChI=1S/C8H4F2N2O2/c9-7(10)6-4(1-11)2-12-3-5(6)8(13)14/h2-3,7H,(H,13,14). The molecule has 1 aromatic rings. The molecule has 6 heteroatoms. The number of hydrogen-bond donors (Lipinski definition) is 1.